The SMILES string of the molecule is CC(C)N(CCO)CC(=O)NC1CCCC1. The highest BCUT2D eigenvalue weighted by Crippen LogP contribution is 2.17. The highest BCUT2D eigenvalue weighted by atomic mass is 16.3. The van der Waals surface area contributed by atoms with Crippen LogP contribution in [-0.2, 0) is 4.79 Å². The number of nitrogens with one attached hydrogen (secondary N) is 1. The molecule has 1 aliphatic carbocycles. The fourth-order valence-electron chi connectivity index (χ4n) is 2.18. The molecule has 0 radical (unpaired) electrons. The predicted molar refractivity (Wildman–Crippen MR) is 64.2 cm³/mol. The van der Waals surface area contributed by atoms with E-state index in [-0.39, 0.29) is 12.5 Å². The van der Waals surface area contributed by atoms with Gasteiger partial charge < -0.3 is 10.4 Å². The lowest BCUT2D eigenvalue weighted by Crippen LogP contribution is -2.44. The van der Waals surface area contributed by atoms with Crippen LogP contribution in [0.25, 0.3) is 0 Å². The van der Waals surface area contributed by atoms with Gasteiger partial charge >= 0.3 is 0 Å². The summed E-state index contributed by atoms with van der Waals surface area (Å²) in [4.78, 5) is 13.7. The Balaban J connectivity index is 2.29. The molecule has 0 heterocycles. The van der Waals surface area contributed by atoms with Crippen LogP contribution in [0.15, 0.2) is 0 Å². The molecule has 16 heavy (non-hydrogen) atoms. The average Bonchev–Trinajstić information content (AvgIpc) is 2.69. The Kier molecular flexibility index (Phi) is 5.77. The molecule has 0 aliphatic heterocycles. The molecule has 4 nitrogen and oxygen atoms in total. The minimum atomic E-state index is 0.0917. The molecule has 0 aromatic heterocycles. The molecule has 0 spiro atoms. The maximum absolute atomic E-state index is 11.8. The Hall–Kier alpha value is -0.610. The van der Waals surface area contributed by atoms with Gasteiger partial charge in [-0.1, -0.05) is 12.8 Å². The van der Waals surface area contributed by atoms with Gasteiger partial charge in [0.15, 0.2) is 0 Å². The van der Waals surface area contributed by atoms with E-state index in [4.69, 9.17) is 5.11 Å². The summed E-state index contributed by atoms with van der Waals surface area (Å²) in [5.74, 6) is 0.0917. The Morgan fingerprint density at radius 3 is 2.56 bits per heavy atom. The lowest BCUT2D eigenvalue weighted by molar-refractivity contribution is -0.123. The van der Waals surface area contributed by atoms with Gasteiger partial charge in [-0.25, -0.2) is 0 Å². The molecule has 1 rings (SSSR count). The van der Waals surface area contributed by atoms with Crippen LogP contribution in [-0.4, -0.2) is 47.7 Å². The van der Waals surface area contributed by atoms with Crippen molar-refractivity contribution < 1.29 is 9.90 Å². The van der Waals surface area contributed by atoms with Crippen molar-refractivity contribution >= 4 is 5.91 Å². The van der Waals surface area contributed by atoms with E-state index >= 15 is 0 Å². The van der Waals surface area contributed by atoms with Crippen molar-refractivity contribution in [2.24, 2.45) is 0 Å². The summed E-state index contributed by atoms with van der Waals surface area (Å²) >= 11 is 0. The van der Waals surface area contributed by atoms with Crippen LogP contribution in [0.4, 0.5) is 0 Å². The lowest BCUT2D eigenvalue weighted by Gasteiger charge is -2.25. The largest absolute Gasteiger partial charge is 0.395 e. The highest BCUT2D eigenvalue weighted by Gasteiger charge is 2.19. The maximum atomic E-state index is 11.8. The fourth-order valence-corrected chi connectivity index (χ4v) is 2.18. The number of nitrogens with zero attached hydrogens (tertiary/aromatic N) is 1. The topological polar surface area (TPSA) is 52.6 Å². The number of rotatable bonds is 6. The summed E-state index contributed by atoms with van der Waals surface area (Å²) in [7, 11) is 0. The number of carbonyl (C=O) groups is 1. The van der Waals surface area contributed by atoms with Gasteiger partial charge in [-0.05, 0) is 26.7 Å². The van der Waals surface area contributed by atoms with E-state index in [1.807, 2.05) is 18.7 Å². The highest BCUT2D eigenvalue weighted by molar-refractivity contribution is 5.78. The molecule has 94 valence electrons. The molecule has 1 aliphatic rings. The van der Waals surface area contributed by atoms with Crippen molar-refractivity contribution in [3.8, 4) is 0 Å². The molecule has 1 saturated carbocycles. The third kappa shape index (κ3) is 4.49. The van der Waals surface area contributed by atoms with Crippen molar-refractivity contribution in [3.63, 3.8) is 0 Å². The number of hydrogen-bond donors (Lipinski definition) is 2. The molecule has 0 saturated heterocycles. The van der Waals surface area contributed by atoms with Gasteiger partial charge in [0.2, 0.25) is 5.91 Å². The van der Waals surface area contributed by atoms with Gasteiger partial charge in [0, 0.05) is 18.6 Å². The first-order valence-corrected chi connectivity index (χ1v) is 6.27. The maximum Gasteiger partial charge on any atom is 0.234 e. The molecule has 0 unspecified atom stereocenters. The first kappa shape index (κ1) is 13.5. The van der Waals surface area contributed by atoms with Crippen LogP contribution in [0.2, 0.25) is 0 Å². The molecule has 4 heteroatoms. The second-order valence-electron chi connectivity index (χ2n) is 4.84. The average molecular weight is 228 g/mol. The van der Waals surface area contributed by atoms with E-state index in [2.05, 4.69) is 5.32 Å². The number of aliphatic hydroxyl groups is 1. The van der Waals surface area contributed by atoms with E-state index < -0.39 is 0 Å². The molecule has 1 amide bonds. The van der Waals surface area contributed by atoms with Gasteiger partial charge in [0.05, 0.1) is 13.2 Å². The van der Waals surface area contributed by atoms with E-state index in [9.17, 15) is 4.79 Å². The Morgan fingerprint density at radius 2 is 2.06 bits per heavy atom. The Bertz CT molecular complexity index is 213. The number of carbonyl (C=O) groups excluding carboxylic acids is 1. The van der Waals surface area contributed by atoms with Crippen molar-refractivity contribution in [1.29, 1.82) is 0 Å². The summed E-state index contributed by atoms with van der Waals surface area (Å²) in [6.07, 6.45) is 4.70. The van der Waals surface area contributed by atoms with Crippen LogP contribution in [0.5, 0.6) is 0 Å². The van der Waals surface area contributed by atoms with E-state index in [0.29, 0.717) is 25.2 Å². The van der Waals surface area contributed by atoms with Crippen LogP contribution < -0.4 is 5.32 Å². The standard InChI is InChI=1S/C12H24N2O2/c1-10(2)14(7-8-15)9-12(16)13-11-5-3-4-6-11/h10-11,15H,3-9H2,1-2H3,(H,13,16). The smallest absolute Gasteiger partial charge is 0.234 e. The van der Waals surface area contributed by atoms with Gasteiger partial charge in [0.1, 0.15) is 0 Å². The Morgan fingerprint density at radius 1 is 1.44 bits per heavy atom. The van der Waals surface area contributed by atoms with Gasteiger partial charge in [-0.2, -0.15) is 0 Å². The van der Waals surface area contributed by atoms with Crippen LogP contribution in [0.1, 0.15) is 39.5 Å². The second kappa shape index (κ2) is 6.86. The lowest BCUT2D eigenvalue weighted by atomic mass is 10.2. The summed E-state index contributed by atoms with van der Waals surface area (Å²) in [6, 6.07) is 0.678. The monoisotopic (exact) mass is 228 g/mol. The predicted octanol–water partition coefficient (Wildman–Crippen LogP) is 0.748. The molecule has 0 atom stereocenters. The summed E-state index contributed by atoms with van der Waals surface area (Å²) < 4.78 is 0. The minimum Gasteiger partial charge on any atom is -0.395 e. The number of aliphatic hydroxyl groups excluding tert-OH is 1. The fraction of sp³-hybridized carbons (Fsp3) is 0.917. The van der Waals surface area contributed by atoms with E-state index in [1.54, 1.807) is 0 Å². The first-order chi connectivity index (χ1) is 7.63. The number of amides is 1. The van der Waals surface area contributed by atoms with E-state index in [0.717, 1.165) is 12.8 Å². The number of hydrogen-bond acceptors (Lipinski definition) is 3. The second-order valence-corrected chi connectivity index (χ2v) is 4.84. The zero-order valence-corrected chi connectivity index (χ0v) is 10.4. The van der Waals surface area contributed by atoms with Gasteiger partial charge in [-0.3, -0.25) is 9.69 Å². The third-order valence-electron chi connectivity index (χ3n) is 3.18. The summed E-state index contributed by atoms with van der Waals surface area (Å²) in [5, 5.41) is 12.0. The van der Waals surface area contributed by atoms with Gasteiger partial charge in [-0.15, -0.1) is 0 Å². The molecule has 0 aromatic carbocycles. The Labute approximate surface area is 98.0 Å². The molecule has 0 aromatic rings. The van der Waals surface area contributed by atoms with Crippen molar-refractivity contribution in [2.75, 3.05) is 19.7 Å². The zero-order chi connectivity index (χ0) is 12.0. The normalized spacial score (nSPS) is 17.3. The quantitative estimate of drug-likeness (QED) is 0.705. The van der Waals surface area contributed by atoms with Crippen LogP contribution in [0, 0.1) is 0 Å². The van der Waals surface area contributed by atoms with Crippen LogP contribution in [0.3, 0.4) is 0 Å². The van der Waals surface area contributed by atoms with Crippen molar-refractivity contribution in [2.45, 2.75) is 51.6 Å². The molecule has 1 fully saturated rings. The minimum absolute atomic E-state index is 0.0917. The third-order valence-corrected chi connectivity index (χ3v) is 3.18. The molecular weight excluding hydrogens is 204 g/mol. The zero-order valence-electron chi connectivity index (χ0n) is 10.4. The van der Waals surface area contributed by atoms with Crippen molar-refractivity contribution in [3.05, 3.63) is 0 Å². The van der Waals surface area contributed by atoms with Crippen LogP contribution >= 0.6 is 0 Å². The summed E-state index contributed by atoms with van der Waals surface area (Å²) in [5.41, 5.74) is 0. The van der Waals surface area contributed by atoms with Crippen molar-refractivity contribution in [1.82, 2.24) is 10.2 Å². The summed E-state index contributed by atoms with van der Waals surface area (Å²) in [6.45, 7) is 5.15. The molecular formula is C12H24N2O2. The molecule has 2 N–H and O–H groups in total. The first-order valence-electron chi connectivity index (χ1n) is 6.27. The van der Waals surface area contributed by atoms with E-state index in [1.165, 1.54) is 12.8 Å². The molecule has 0 bridgehead atoms. The van der Waals surface area contributed by atoms with Gasteiger partial charge in [0.25, 0.3) is 0 Å².